The first kappa shape index (κ1) is 22.1. The molecule has 188 valence electrons. The lowest BCUT2D eigenvalue weighted by Crippen LogP contribution is -2.10. The molecule has 9 aromatic rings. The predicted molar refractivity (Wildman–Crippen MR) is 173 cm³/mol. The van der Waals surface area contributed by atoms with Crippen LogP contribution in [0.25, 0.3) is 56.6 Å². The van der Waals surface area contributed by atoms with Crippen LogP contribution in [0.3, 0.4) is 0 Å². The van der Waals surface area contributed by atoms with Crippen LogP contribution in [0.5, 0.6) is 0 Å². The summed E-state index contributed by atoms with van der Waals surface area (Å²) in [6.45, 7) is 0. The van der Waals surface area contributed by atoms with Crippen molar-refractivity contribution in [2.75, 3.05) is 4.90 Å². The maximum absolute atomic E-state index is 5.12. The number of hydrogen-bond donors (Lipinski definition) is 0. The lowest BCUT2D eigenvalue weighted by Gasteiger charge is -2.23. The van der Waals surface area contributed by atoms with Gasteiger partial charge in [-0.2, -0.15) is 0 Å². The Balaban J connectivity index is 1.31. The number of rotatable bonds is 3. The number of hydrogen-bond acceptors (Lipinski definition) is 4. The Hall–Kier alpha value is -4.71. The van der Waals surface area contributed by atoms with Crippen LogP contribution in [0, 0.1) is 0 Å². The maximum Gasteiger partial charge on any atom is 0.160 e. The van der Waals surface area contributed by atoms with E-state index in [4.69, 9.17) is 5.10 Å². The zero-order chi connectivity index (χ0) is 26.2. The fourth-order valence-electron chi connectivity index (χ4n) is 5.89. The van der Waals surface area contributed by atoms with Crippen molar-refractivity contribution >= 4 is 96.5 Å². The third-order valence-electron chi connectivity index (χ3n) is 7.78. The average Bonchev–Trinajstić information content (AvgIpc) is 3.68. The van der Waals surface area contributed by atoms with Gasteiger partial charge >= 0.3 is 0 Å². The lowest BCUT2D eigenvalue weighted by atomic mass is 10.1. The lowest BCUT2D eigenvalue weighted by molar-refractivity contribution is 0.958. The smallest absolute Gasteiger partial charge is 0.160 e. The van der Waals surface area contributed by atoms with Crippen LogP contribution >= 0.6 is 22.7 Å². The molecular weight excluding hydrogens is 527 g/mol. The van der Waals surface area contributed by atoms with Gasteiger partial charge in [0, 0.05) is 69.4 Å². The van der Waals surface area contributed by atoms with E-state index < -0.39 is 0 Å². The van der Waals surface area contributed by atoms with Crippen LogP contribution in [-0.4, -0.2) is 9.61 Å². The molecule has 4 heterocycles. The fourth-order valence-corrected chi connectivity index (χ4v) is 8.06. The molecule has 0 saturated carbocycles. The number of fused-ring (bicyclic) bond motifs is 8. The first-order valence-corrected chi connectivity index (χ1v) is 14.9. The molecule has 0 unspecified atom stereocenters. The maximum atomic E-state index is 5.12. The molecule has 0 amide bonds. The van der Waals surface area contributed by atoms with E-state index in [-0.39, 0.29) is 0 Å². The second-order valence-electron chi connectivity index (χ2n) is 10.2. The SMILES string of the molecule is c1ccc2cn3nc(N(c4ccc5sc6ccccc6c5c4)c4ccc5sc6ccccc6c5c4)cc3cc2c1. The van der Waals surface area contributed by atoms with Crippen LogP contribution in [0.2, 0.25) is 0 Å². The molecule has 0 bridgehead atoms. The Morgan fingerprint density at radius 1 is 0.500 bits per heavy atom. The standard InChI is InChI=1S/C35H21N3S2/c1-2-8-23-21-37-26(17-22(23)7-1)20-35(36-37)38(24-13-15-33-29(18-24)27-9-3-5-11-31(27)39-33)25-14-16-34-30(19-25)28-10-4-6-12-32(28)40-34/h1-21H. The van der Waals surface area contributed by atoms with E-state index in [0.29, 0.717) is 0 Å². The molecule has 0 aliphatic rings. The van der Waals surface area contributed by atoms with Gasteiger partial charge in [-0.3, -0.25) is 4.90 Å². The molecule has 0 atom stereocenters. The van der Waals surface area contributed by atoms with Crippen molar-refractivity contribution < 1.29 is 0 Å². The molecule has 4 aromatic heterocycles. The molecule has 0 spiro atoms. The van der Waals surface area contributed by atoms with E-state index in [9.17, 15) is 0 Å². The summed E-state index contributed by atoms with van der Waals surface area (Å²) in [5.74, 6) is 0.896. The van der Waals surface area contributed by atoms with E-state index in [1.165, 1.54) is 51.1 Å². The van der Waals surface area contributed by atoms with Crippen LogP contribution in [0.15, 0.2) is 128 Å². The molecule has 3 nitrogen and oxygen atoms in total. The van der Waals surface area contributed by atoms with Gasteiger partial charge in [-0.15, -0.1) is 27.8 Å². The van der Waals surface area contributed by atoms with Gasteiger partial charge in [0.25, 0.3) is 0 Å². The van der Waals surface area contributed by atoms with Crippen molar-refractivity contribution in [3.05, 3.63) is 128 Å². The highest BCUT2D eigenvalue weighted by Gasteiger charge is 2.19. The average molecular weight is 548 g/mol. The van der Waals surface area contributed by atoms with E-state index in [1.54, 1.807) is 0 Å². The highest BCUT2D eigenvalue weighted by atomic mass is 32.1. The molecule has 0 aliphatic heterocycles. The van der Waals surface area contributed by atoms with Crippen LogP contribution in [0.1, 0.15) is 0 Å². The van der Waals surface area contributed by atoms with Crippen molar-refractivity contribution in [2.45, 2.75) is 0 Å². The van der Waals surface area contributed by atoms with Gasteiger partial charge in [0.1, 0.15) is 0 Å². The number of aromatic nitrogens is 2. The minimum absolute atomic E-state index is 0.896. The number of pyridine rings is 1. The van der Waals surface area contributed by atoms with E-state index in [0.717, 1.165) is 22.7 Å². The normalized spacial score (nSPS) is 12.0. The molecule has 40 heavy (non-hydrogen) atoms. The summed E-state index contributed by atoms with van der Waals surface area (Å²) in [5.41, 5.74) is 3.27. The Morgan fingerprint density at radius 2 is 1.05 bits per heavy atom. The minimum atomic E-state index is 0.896. The van der Waals surface area contributed by atoms with E-state index >= 15 is 0 Å². The summed E-state index contributed by atoms with van der Waals surface area (Å²) in [6, 6.07) is 43.8. The summed E-state index contributed by atoms with van der Waals surface area (Å²) in [5, 5.41) is 12.7. The quantitative estimate of drug-likeness (QED) is 0.219. The van der Waals surface area contributed by atoms with Gasteiger partial charge in [0.15, 0.2) is 5.82 Å². The van der Waals surface area contributed by atoms with Crippen LogP contribution in [-0.2, 0) is 0 Å². The van der Waals surface area contributed by atoms with Crippen LogP contribution in [0.4, 0.5) is 17.2 Å². The zero-order valence-corrected chi connectivity index (χ0v) is 22.9. The van der Waals surface area contributed by atoms with E-state index in [1.807, 2.05) is 27.2 Å². The first-order chi connectivity index (χ1) is 19.8. The van der Waals surface area contributed by atoms with Crippen molar-refractivity contribution in [3.8, 4) is 0 Å². The second-order valence-corrected chi connectivity index (χ2v) is 12.3. The Labute approximate surface area is 237 Å². The number of thiophene rings is 2. The molecule has 9 rings (SSSR count). The third kappa shape index (κ3) is 3.32. The molecule has 0 radical (unpaired) electrons. The monoisotopic (exact) mass is 547 g/mol. The molecule has 0 fully saturated rings. The predicted octanol–water partition coefficient (Wildman–Crippen LogP) is 10.7. The highest BCUT2D eigenvalue weighted by molar-refractivity contribution is 7.26. The van der Waals surface area contributed by atoms with Gasteiger partial charge in [-0.25, -0.2) is 4.52 Å². The Morgan fingerprint density at radius 3 is 1.70 bits per heavy atom. The van der Waals surface area contributed by atoms with Gasteiger partial charge in [-0.05, 0) is 60.0 Å². The van der Waals surface area contributed by atoms with Gasteiger partial charge in [0.2, 0.25) is 0 Å². The number of anilines is 3. The third-order valence-corrected chi connectivity index (χ3v) is 10.1. The van der Waals surface area contributed by atoms with Crippen molar-refractivity contribution in [1.29, 1.82) is 0 Å². The minimum Gasteiger partial charge on any atom is -0.294 e. The van der Waals surface area contributed by atoms with Crippen molar-refractivity contribution in [1.82, 2.24) is 9.61 Å². The molecule has 0 saturated heterocycles. The summed E-state index contributed by atoms with van der Waals surface area (Å²) in [6.07, 6.45) is 2.12. The van der Waals surface area contributed by atoms with Crippen molar-refractivity contribution in [3.63, 3.8) is 0 Å². The summed E-state index contributed by atoms with van der Waals surface area (Å²) < 4.78 is 7.22. The summed E-state index contributed by atoms with van der Waals surface area (Å²) in [7, 11) is 0. The molecular formula is C35H21N3S2. The number of nitrogens with zero attached hydrogens (tertiary/aromatic N) is 3. The summed E-state index contributed by atoms with van der Waals surface area (Å²) >= 11 is 3.69. The number of benzene rings is 5. The zero-order valence-electron chi connectivity index (χ0n) is 21.3. The molecule has 0 aliphatic carbocycles. The van der Waals surface area contributed by atoms with E-state index in [2.05, 4.69) is 132 Å². The van der Waals surface area contributed by atoms with Crippen LogP contribution < -0.4 is 4.90 Å². The topological polar surface area (TPSA) is 20.5 Å². The molecule has 0 N–H and O–H groups in total. The summed E-state index contributed by atoms with van der Waals surface area (Å²) in [4.78, 5) is 2.30. The van der Waals surface area contributed by atoms with Crippen molar-refractivity contribution in [2.24, 2.45) is 0 Å². The molecule has 5 aromatic carbocycles. The van der Waals surface area contributed by atoms with Gasteiger partial charge < -0.3 is 0 Å². The van der Waals surface area contributed by atoms with Gasteiger partial charge in [-0.1, -0.05) is 60.7 Å². The van der Waals surface area contributed by atoms with Gasteiger partial charge in [0.05, 0.1) is 5.52 Å². The largest absolute Gasteiger partial charge is 0.294 e. The second kappa shape index (κ2) is 8.39. The Kier molecular flexibility index (Phi) is 4.65. The Bertz CT molecular complexity index is 2240. The fraction of sp³-hybridized carbons (Fsp3) is 0. The first-order valence-electron chi connectivity index (χ1n) is 13.3. The molecule has 5 heteroatoms. The highest BCUT2D eigenvalue weighted by Crippen LogP contribution is 2.43.